The van der Waals surface area contributed by atoms with E-state index in [-0.39, 0.29) is 29.1 Å². The number of nitrogens with one attached hydrogen (secondary N) is 1. The lowest BCUT2D eigenvalue weighted by Gasteiger charge is -2.23. The number of sulfone groups is 1. The second kappa shape index (κ2) is 11.0. The molecule has 1 aliphatic rings. The number of ether oxygens (including phenoxy) is 1. The average Bonchev–Trinajstić information content (AvgIpc) is 2.78. The number of unbranched alkanes of at least 4 members (excludes halogenated alkanes) is 1. The fraction of sp³-hybridized carbons (Fsp3) is 0.417. The van der Waals surface area contributed by atoms with Crippen LogP contribution in [0, 0.1) is 11.3 Å². The first kappa shape index (κ1) is 22.8. The second-order valence-corrected chi connectivity index (χ2v) is 9.92. The molecule has 6 nitrogen and oxygen atoms in total. The minimum atomic E-state index is -3.44. The van der Waals surface area contributed by atoms with Gasteiger partial charge in [0.15, 0.2) is 9.84 Å². The number of nitriles is 1. The number of amides is 1. The van der Waals surface area contributed by atoms with Crippen LogP contribution in [0.5, 0.6) is 5.75 Å². The normalized spacial score (nSPS) is 14.5. The summed E-state index contributed by atoms with van der Waals surface area (Å²) in [6.07, 6.45) is 6.64. The van der Waals surface area contributed by atoms with Gasteiger partial charge >= 0.3 is 0 Å². The average molecular weight is 441 g/mol. The molecule has 3 rings (SSSR count). The second-order valence-electron chi connectivity index (χ2n) is 7.81. The first-order valence-electron chi connectivity index (χ1n) is 10.7. The molecule has 0 aliphatic heterocycles. The number of nitrogens with zero attached hydrogens (tertiary/aromatic N) is 1. The SMILES string of the molecule is N#CCCCS(=O)(=O)c1ccc(C(=O)NCc2cccc(OC3CCCCC3)c2)cc1. The van der Waals surface area contributed by atoms with E-state index in [4.69, 9.17) is 10.00 Å². The molecule has 0 heterocycles. The molecule has 1 aliphatic carbocycles. The van der Waals surface area contributed by atoms with Crippen molar-refractivity contribution in [3.63, 3.8) is 0 Å². The predicted molar refractivity (Wildman–Crippen MR) is 118 cm³/mol. The Labute approximate surface area is 184 Å². The summed E-state index contributed by atoms with van der Waals surface area (Å²) in [7, 11) is -3.44. The number of carbonyl (C=O) groups is 1. The van der Waals surface area contributed by atoms with Crippen LogP contribution in [-0.4, -0.2) is 26.2 Å². The summed E-state index contributed by atoms with van der Waals surface area (Å²) >= 11 is 0. The molecule has 0 atom stereocenters. The molecular formula is C24H28N2O4S. The molecule has 1 amide bonds. The zero-order valence-electron chi connectivity index (χ0n) is 17.5. The largest absolute Gasteiger partial charge is 0.490 e. The van der Waals surface area contributed by atoms with Gasteiger partial charge in [-0.2, -0.15) is 5.26 Å². The molecule has 1 fully saturated rings. The Bertz CT molecular complexity index is 1020. The van der Waals surface area contributed by atoms with Gasteiger partial charge in [-0.25, -0.2) is 8.42 Å². The molecule has 2 aromatic carbocycles. The molecule has 0 radical (unpaired) electrons. The van der Waals surface area contributed by atoms with E-state index in [1.54, 1.807) is 0 Å². The van der Waals surface area contributed by atoms with Crippen molar-refractivity contribution in [2.24, 2.45) is 0 Å². The molecule has 31 heavy (non-hydrogen) atoms. The van der Waals surface area contributed by atoms with Crippen LogP contribution in [0.1, 0.15) is 60.9 Å². The summed E-state index contributed by atoms with van der Waals surface area (Å²) in [5.41, 5.74) is 1.34. The van der Waals surface area contributed by atoms with E-state index in [0.717, 1.165) is 24.2 Å². The van der Waals surface area contributed by atoms with Gasteiger partial charge in [0.05, 0.1) is 22.8 Å². The molecule has 164 valence electrons. The van der Waals surface area contributed by atoms with Crippen LogP contribution in [0.4, 0.5) is 0 Å². The van der Waals surface area contributed by atoms with Crippen molar-refractivity contribution >= 4 is 15.7 Å². The van der Waals surface area contributed by atoms with Gasteiger partial charge in [-0.15, -0.1) is 0 Å². The summed E-state index contributed by atoms with van der Waals surface area (Å²) < 4.78 is 30.6. The van der Waals surface area contributed by atoms with E-state index < -0.39 is 9.84 Å². The highest BCUT2D eigenvalue weighted by Gasteiger charge is 2.16. The van der Waals surface area contributed by atoms with Crippen molar-refractivity contribution in [1.29, 1.82) is 5.26 Å². The van der Waals surface area contributed by atoms with Crippen LogP contribution < -0.4 is 10.1 Å². The first-order valence-corrected chi connectivity index (χ1v) is 12.4. The van der Waals surface area contributed by atoms with Crippen molar-refractivity contribution in [2.45, 2.75) is 62.5 Å². The number of rotatable bonds is 9. The molecule has 0 spiro atoms. The van der Waals surface area contributed by atoms with Gasteiger partial charge in [0.25, 0.3) is 5.91 Å². The molecule has 0 saturated heterocycles. The van der Waals surface area contributed by atoms with Crippen molar-refractivity contribution in [3.8, 4) is 11.8 Å². The molecule has 0 bridgehead atoms. The van der Waals surface area contributed by atoms with Gasteiger partial charge in [0.2, 0.25) is 0 Å². The number of hydrogen-bond acceptors (Lipinski definition) is 5. The van der Waals surface area contributed by atoms with E-state index >= 15 is 0 Å². The van der Waals surface area contributed by atoms with Crippen LogP contribution in [0.25, 0.3) is 0 Å². The molecule has 1 N–H and O–H groups in total. The summed E-state index contributed by atoms with van der Waals surface area (Å²) in [5, 5.41) is 11.4. The fourth-order valence-corrected chi connectivity index (χ4v) is 4.97. The van der Waals surface area contributed by atoms with Crippen LogP contribution in [-0.2, 0) is 16.4 Å². The van der Waals surface area contributed by atoms with Gasteiger partial charge in [-0.05, 0) is 74.1 Å². The lowest BCUT2D eigenvalue weighted by Crippen LogP contribution is -2.23. The highest BCUT2D eigenvalue weighted by atomic mass is 32.2. The maximum absolute atomic E-state index is 12.5. The maximum Gasteiger partial charge on any atom is 0.251 e. The van der Waals surface area contributed by atoms with Crippen LogP contribution >= 0.6 is 0 Å². The highest BCUT2D eigenvalue weighted by Crippen LogP contribution is 2.24. The zero-order chi connectivity index (χ0) is 22.1. The Morgan fingerprint density at radius 3 is 2.55 bits per heavy atom. The van der Waals surface area contributed by atoms with E-state index in [2.05, 4.69) is 5.32 Å². The first-order chi connectivity index (χ1) is 15.0. The number of hydrogen-bond donors (Lipinski definition) is 1. The quantitative estimate of drug-likeness (QED) is 0.583. The van der Waals surface area contributed by atoms with E-state index in [1.807, 2.05) is 30.3 Å². The van der Waals surface area contributed by atoms with Crippen molar-refractivity contribution in [1.82, 2.24) is 5.32 Å². The Balaban J connectivity index is 1.54. The fourth-order valence-electron chi connectivity index (χ4n) is 3.66. The van der Waals surface area contributed by atoms with E-state index in [9.17, 15) is 13.2 Å². The summed E-state index contributed by atoms with van der Waals surface area (Å²) in [6.45, 7) is 0.356. The molecular weight excluding hydrogens is 412 g/mol. The van der Waals surface area contributed by atoms with Gasteiger partial charge in [-0.1, -0.05) is 18.6 Å². The Hall–Kier alpha value is -2.85. The van der Waals surface area contributed by atoms with Crippen molar-refractivity contribution in [3.05, 3.63) is 59.7 Å². The predicted octanol–water partition coefficient (Wildman–Crippen LogP) is 4.41. The topological polar surface area (TPSA) is 96.3 Å². The number of carbonyl (C=O) groups excluding carboxylic acids is 1. The molecule has 7 heteroatoms. The van der Waals surface area contributed by atoms with Gasteiger partial charge in [0, 0.05) is 18.5 Å². The molecule has 2 aromatic rings. The standard InChI is InChI=1S/C24H28N2O4S/c25-15-4-5-16-31(28,29)23-13-11-20(12-14-23)24(27)26-18-19-7-6-10-22(17-19)30-21-8-2-1-3-9-21/h6-7,10-14,17,21H,1-5,8-9,16,18H2,(H,26,27). The maximum atomic E-state index is 12.5. The smallest absolute Gasteiger partial charge is 0.251 e. The minimum absolute atomic E-state index is 0.0780. The Morgan fingerprint density at radius 1 is 1.10 bits per heavy atom. The van der Waals surface area contributed by atoms with E-state index in [0.29, 0.717) is 18.5 Å². The highest BCUT2D eigenvalue weighted by molar-refractivity contribution is 7.91. The molecule has 1 saturated carbocycles. The van der Waals surface area contributed by atoms with Crippen LogP contribution in [0.3, 0.4) is 0 Å². The summed E-state index contributed by atoms with van der Waals surface area (Å²) in [6, 6.07) is 15.6. The summed E-state index contributed by atoms with van der Waals surface area (Å²) in [5.74, 6) is 0.474. The van der Waals surface area contributed by atoms with Gasteiger partial charge < -0.3 is 10.1 Å². The lowest BCUT2D eigenvalue weighted by molar-refractivity contribution is 0.0950. The molecule has 0 unspecified atom stereocenters. The third-order valence-electron chi connectivity index (χ3n) is 5.38. The third kappa shape index (κ3) is 6.83. The van der Waals surface area contributed by atoms with Gasteiger partial charge in [0.1, 0.15) is 5.75 Å². The summed E-state index contributed by atoms with van der Waals surface area (Å²) in [4.78, 5) is 12.6. The van der Waals surface area contributed by atoms with Crippen LogP contribution in [0.2, 0.25) is 0 Å². The minimum Gasteiger partial charge on any atom is -0.490 e. The van der Waals surface area contributed by atoms with Crippen LogP contribution in [0.15, 0.2) is 53.4 Å². The zero-order valence-corrected chi connectivity index (χ0v) is 18.4. The molecule has 0 aromatic heterocycles. The Morgan fingerprint density at radius 2 is 1.84 bits per heavy atom. The number of benzene rings is 2. The van der Waals surface area contributed by atoms with E-state index in [1.165, 1.54) is 43.5 Å². The van der Waals surface area contributed by atoms with Crippen molar-refractivity contribution in [2.75, 3.05) is 5.75 Å². The lowest BCUT2D eigenvalue weighted by atomic mass is 9.98. The third-order valence-corrected chi connectivity index (χ3v) is 7.20. The monoisotopic (exact) mass is 440 g/mol. The van der Waals surface area contributed by atoms with Crippen molar-refractivity contribution < 1.29 is 17.9 Å². The van der Waals surface area contributed by atoms with Gasteiger partial charge in [-0.3, -0.25) is 4.79 Å². The Kier molecular flexibility index (Phi) is 8.07.